The molecular weight excluding hydrogens is 471 g/mol. The highest BCUT2D eigenvalue weighted by molar-refractivity contribution is 14.1. The van der Waals surface area contributed by atoms with E-state index in [4.69, 9.17) is 4.42 Å². The van der Waals surface area contributed by atoms with Crippen molar-refractivity contribution in [1.29, 1.82) is 0 Å². The van der Waals surface area contributed by atoms with Crippen molar-refractivity contribution in [3.05, 3.63) is 55.0 Å². The van der Waals surface area contributed by atoms with Crippen LogP contribution in [0.15, 0.2) is 55.8 Å². The Kier molecular flexibility index (Phi) is 3.51. The topological polar surface area (TPSA) is 13.1 Å². The van der Waals surface area contributed by atoms with Gasteiger partial charge in [0.05, 0.1) is 3.57 Å². The van der Waals surface area contributed by atoms with E-state index in [1.54, 1.807) is 0 Å². The molecule has 0 bridgehead atoms. The number of hydrogen-bond donors (Lipinski definition) is 0. The Morgan fingerprint density at radius 2 is 1.61 bits per heavy atom. The summed E-state index contributed by atoms with van der Waals surface area (Å²) < 4.78 is 9.14. The lowest BCUT2D eigenvalue weighted by atomic mass is 10.1. The van der Waals surface area contributed by atoms with Gasteiger partial charge in [0.25, 0.3) is 0 Å². The van der Waals surface area contributed by atoms with Crippen molar-refractivity contribution in [1.82, 2.24) is 0 Å². The molecule has 0 amide bonds. The van der Waals surface area contributed by atoms with Crippen LogP contribution in [0.2, 0.25) is 0 Å². The predicted octanol–water partition coefficient (Wildman–Crippen LogP) is 6.23. The van der Waals surface area contributed by atoms with Crippen molar-refractivity contribution >= 4 is 65.4 Å². The Labute approximate surface area is 135 Å². The zero-order chi connectivity index (χ0) is 12.7. The van der Waals surface area contributed by atoms with E-state index >= 15 is 0 Å². The number of halogens is 3. The maximum absolute atomic E-state index is 5.96. The zero-order valence-electron chi connectivity index (χ0n) is 9.08. The number of fused-ring (bicyclic) bond motifs is 1. The van der Waals surface area contributed by atoms with E-state index in [0.717, 1.165) is 34.8 Å². The van der Waals surface area contributed by atoms with Crippen LogP contribution >= 0.6 is 54.5 Å². The Hall–Kier alpha value is -0.330. The van der Waals surface area contributed by atoms with Gasteiger partial charge >= 0.3 is 0 Å². The quantitative estimate of drug-likeness (QED) is 0.379. The Bertz CT molecular complexity index is 719. The molecule has 0 fully saturated rings. The van der Waals surface area contributed by atoms with Crippen molar-refractivity contribution in [2.24, 2.45) is 0 Å². The SMILES string of the molecule is Brc1cc2oc(-c3ccccc3)c(I)c2cc1Br. The summed E-state index contributed by atoms with van der Waals surface area (Å²) in [6.07, 6.45) is 0. The van der Waals surface area contributed by atoms with E-state index in [9.17, 15) is 0 Å². The van der Waals surface area contributed by atoms with Gasteiger partial charge in [-0.25, -0.2) is 0 Å². The van der Waals surface area contributed by atoms with Gasteiger partial charge in [-0.15, -0.1) is 0 Å². The zero-order valence-corrected chi connectivity index (χ0v) is 14.4. The van der Waals surface area contributed by atoms with Crippen LogP contribution in [-0.2, 0) is 0 Å². The molecule has 0 aliphatic rings. The van der Waals surface area contributed by atoms with Crippen molar-refractivity contribution in [3.8, 4) is 11.3 Å². The van der Waals surface area contributed by atoms with Crippen LogP contribution in [0.4, 0.5) is 0 Å². The van der Waals surface area contributed by atoms with Crippen LogP contribution in [0.25, 0.3) is 22.3 Å². The van der Waals surface area contributed by atoms with Gasteiger partial charge in [-0.05, 0) is 66.6 Å². The van der Waals surface area contributed by atoms with E-state index < -0.39 is 0 Å². The molecule has 0 aliphatic carbocycles. The van der Waals surface area contributed by atoms with Crippen molar-refractivity contribution in [2.75, 3.05) is 0 Å². The third-order valence-corrected chi connectivity index (χ3v) is 5.62. The summed E-state index contributed by atoms with van der Waals surface area (Å²) in [5.74, 6) is 0.927. The second-order valence-electron chi connectivity index (χ2n) is 3.87. The van der Waals surface area contributed by atoms with E-state index in [1.165, 1.54) is 0 Å². The van der Waals surface area contributed by atoms with Crippen molar-refractivity contribution in [2.45, 2.75) is 0 Å². The summed E-state index contributed by atoms with van der Waals surface area (Å²) in [6.45, 7) is 0. The van der Waals surface area contributed by atoms with Crippen LogP contribution in [0.5, 0.6) is 0 Å². The summed E-state index contributed by atoms with van der Waals surface area (Å²) in [7, 11) is 0. The Balaban J connectivity index is 2.30. The first-order chi connectivity index (χ1) is 8.66. The summed E-state index contributed by atoms with van der Waals surface area (Å²) >= 11 is 9.36. The molecule has 2 aromatic carbocycles. The second-order valence-corrected chi connectivity index (χ2v) is 6.66. The van der Waals surface area contributed by atoms with Crippen molar-refractivity contribution in [3.63, 3.8) is 0 Å². The fourth-order valence-electron chi connectivity index (χ4n) is 1.84. The normalized spacial score (nSPS) is 11.1. The van der Waals surface area contributed by atoms with Crippen molar-refractivity contribution < 1.29 is 4.42 Å². The molecule has 18 heavy (non-hydrogen) atoms. The molecule has 0 saturated carbocycles. The van der Waals surface area contributed by atoms with Crippen LogP contribution in [-0.4, -0.2) is 0 Å². The minimum absolute atomic E-state index is 0.897. The molecule has 1 aromatic heterocycles. The van der Waals surface area contributed by atoms with Gasteiger partial charge in [-0.2, -0.15) is 0 Å². The van der Waals surface area contributed by atoms with E-state index in [0.29, 0.717) is 0 Å². The third kappa shape index (κ3) is 2.14. The third-order valence-electron chi connectivity index (χ3n) is 2.71. The first kappa shape index (κ1) is 12.7. The van der Waals surface area contributed by atoms with Gasteiger partial charge in [0.2, 0.25) is 0 Å². The Morgan fingerprint density at radius 3 is 2.33 bits per heavy atom. The van der Waals surface area contributed by atoms with E-state index in [2.05, 4.69) is 72.6 Å². The first-order valence-corrected chi connectivity index (χ1v) is 7.96. The average Bonchev–Trinajstić information content (AvgIpc) is 2.69. The number of hydrogen-bond acceptors (Lipinski definition) is 1. The lowest BCUT2D eigenvalue weighted by Gasteiger charge is -1.96. The van der Waals surface area contributed by atoms with Crippen LogP contribution < -0.4 is 0 Å². The highest BCUT2D eigenvalue weighted by Crippen LogP contribution is 2.38. The van der Waals surface area contributed by atoms with Gasteiger partial charge in [0.15, 0.2) is 0 Å². The summed E-state index contributed by atoms with van der Waals surface area (Å²) in [6, 6.07) is 14.2. The molecule has 0 atom stereocenters. The fourth-order valence-corrected chi connectivity index (χ4v) is 3.35. The first-order valence-electron chi connectivity index (χ1n) is 5.29. The maximum atomic E-state index is 5.96. The van der Waals surface area contributed by atoms with Crippen LogP contribution in [0.1, 0.15) is 0 Å². The highest BCUT2D eigenvalue weighted by atomic mass is 127. The molecule has 90 valence electrons. The lowest BCUT2D eigenvalue weighted by Crippen LogP contribution is -1.76. The molecule has 0 N–H and O–H groups in total. The van der Waals surface area contributed by atoms with Gasteiger partial charge in [0.1, 0.15) is 11.3 Å². The van der Waals surface area contributed by atoms with Gasteiger partial charge in [-0.3, -0.25) is 0 Å². The molecule has 1 heterocycles. The van der Waals surface area contributed by atoms with E-state index in [1.807, 2.05) is 24.3 Å². The fraction of sp³-hybridized carbons (Fsp3) is 0. The molecule has 3 rings (SSSR count). The van der Waals surface area contributed by atoms with Gasteiger partial charge in [0, 0.05) is 19.9 Å². The smallest absolute Gasteiger partial charge is 0.148 e. The standard InChI is InChI=1S/C14H7Br2IO/c15-10-6-9-12(7-11(10)16)18-14(13(9)17)8-4-2-1-3-5-8/h1-7H. The Morgan fingerprint density at radius 1 is 0.944 bits per heavy atom. The molecule has 0 spiro atoms. The van der Waals surface area contributed by atoms with E-state index in [-0.39, 0.29) is 0 Å². The maximum Gasteiger partial charge on any atom is 0.148 e. The minimum Gasteiger partial charge on any atom is -0.455 e. The molecule has 4 heteroatoms. The monoisotopic (exact) mass is 476 g/mol. The van der Waals surface area contributed by atoms with Crippen LogP contribution in [0, 0.1) is 3.57 Å². The minimum atomic E-state index is 0.897. The second kappa shape index (κ2) is 4.98. The predicted molar refractivity (Wildman–Crippen MR) is 89.8 cm³/mol. The summed E-state index contributed by atoms with van der Waals surface area (Å²) in [4.78, 5) is 0. The highest BCUT2D eigenvalue weighted by Gasteiger charge is 2.14. The molecule has 0 aliphatic heterocycles. The summed E-state index contributed by atoms with van der Waals surface area (Å²) in [5.41, 5.74) is 2.00. The lowest BCUT2D eigenvalue weighted by molar-refractivity contribution is 0.629. The molecular formula is C14H7Br2IO. The average molecular weight is 478 g/mol. The van der Waals surface area contributed by atoms with Crippen LogP contribution in [0.3, 0.4) is 0 Å². The molecule has 3 aromatic rings. The molecule has 0 unspecified atom stereocenters. The van der Waals surface area contributed by atoms with Gasteiger partial charge in [-0.1, -0.05) is 30.3 Å². The largest absolute Gasteiger partial charge is 0.455 e. The number of benzene rings is 2. The summed E-state index contributed by atoms with van der Waals surface area (Å²) in [5, 5.41) is 1.13. The molecule has 0 radical (unpaired) electrons. The molecule has 0 saturated heterocycles. The number of furan rings is 1. The molecule has 1 nitrogen and oxygen atoms in total. The number of rotatable bonds is 1. The van der Waals surface area contributed by atoms with Gasteiger partial charge < -0.3 is 4.42 Å².